The molecule has 5 heteroatoms. The molecule has 0 aliphatic rings. The van der Waals surface area contributed by atoms with Gasteiger partial charge in [0.1, 0.15) is 0 Å². The second kappa shape index (κ2) is 10.1. The first-order valence-corrected chi connectivity index (χ1v) is 12.1. The molecule has 1 N–H and O–H groups in total. The van der Waals surface area contributed by atoms with Crippen molar-refractivity contribution >= 4 is 17.3 Å². The molecule has 3 aromatic rings. The summed E-state index contributed by atoms with van der Waals surface area (Å²) in [6.07, 6.45) is 2.28. The van der Waals surface area contributed by atoms with E-state index in [1.807, 2.05) is 55.5 Å². The molecule has 0 saturated carbocycles. The summed E-state index contributed by atoms with van der Waals surface area (Å²) in [4.78, 5) is 25.8. The smallest absolute Gasteiger partial charge is 0.338 e. The normalized spacial score (nSPS) is 11.9. The number of aromatic nitrogens is 1. The Morgan fingerprint density at radius 1 is 1.00 bits per heavy atom. The lowest BCUT2D eigenvalue weighted by Gasteiger charge is -2.30. The van der Waals surface area contributed by atoms with Crippen molar-refractivity contribution in [1.82, 2.24) is 9.72 Å². The predicted octanol–water partition coefficient (Wildman–Crippen LogP) is 5.82. The van der Waals surface area contributed by atoms with E-state index in [2.05, 4.69) is 51.8 Å². The highest BCUT2D eigenvalue weighted by Crippen LogP contribution is 2.23. The van der Waals surface area contributed by atoms with E-state index in [1.54, 1.807) is 18.3 Å². The van der Waals surface area contributed by atoms with Crippen molar-refractivity contribution in [2.45, 2.75) is 79.0 Å². The second-order valence-corrected chi connectivity index (χ2v) is 10.7. The topological polar surface area (TPSA) is 59.8 Å². The Labute approximate surface area is 208 Å². The number of ether oxygens (including phenoxy) is 1. The molecule has 1 aromatic carbocycles. The van der Waals surface area contributed by atoms with Gasteiger partial charge in [0.05, 0.1) is 22.9 Å². The maximum atomic E-state index is 13.5. The van der Waals surface area contributed by atoms with Crippen LogP contribution in [0.1, 0.15) is 92.9 Å². The fraction of sp³-hybridized carbons (Fsp3) is 0.400. The zero-order valence-corrected chi connectivity index (χ0v) is 22.1. The van der Waals surface area contributed by atoms with Crippen molar-refractivity contribution < 1.29 is 14.3 Å². The van der Waals surface area contributed by atoms with Gasteiger partial charge in [-0.15, -0.1) is 0 Å². The summed E-state index contributed by atoms with van der Waals surface area (Å²) in [6.45, 7) is 16.1. The van der Waals surface area contributed by atoms with E-state index in [0.717, 1.165) is 16.6 Å². The Morgan fingerprint density at radius 2 is 1.66 bits per heavy atom. The molecule has 2 heterocycles. The van der Waals surface area contributed by atoms with Gasteiger partial charge in [-0.1, -0.05) is 18.8 Å². The zero-order chi connectivity index (χ0) is 26.0. The summed E-state index contributed by atoms with van der Waals surface area (Å²) in [5.74, 6) is 6.08. The summed E-state index contributed by atoms with van der Waals surface area (Å²) >= 11 is 0. The average Bonchev–Trinajstić information content (AvgIpc) is 3.13. The molecule has 0 atom stereocenters. The van der Waals surface area contributed by atoms with Gasteiger partial charge in [0.25, 0.3) is 0 Å². The molecule has 0 amide bonds. The van der Waals surface area contributed by atoms with Gasteiger partial charge in [-0.25, -0.2) is 4.79 Å². The third-order valence-electron chi connectivity index (χ3n) is 5.38. The maximum absolute atomic E-state index is 13.5. The predicted molar refractivity (Wildman–Crippen MR) is 141 cm³/mol. The van der Waals surface area contributed by atoms with E-state index in [1.165, 1.54) is 0 Å². The van der Waals surface area contributed by atoms with Crippen LogP contribution in [-0.4, -0.2) is 33.3 Å². The Bertz CT molecular complexity index is 1290. The standard InChI is InChI=1S/C30H36N2O3/c1-9-22-18-25-19-24(28(34)35-20(2)3)15-17-32(25)26(22)27(33)23-12-10-21(11-13-23)14-16-30(7,8)31-29(4,5)6/h10-13,15,17-20,31H,9H2,1-8H3. The van der Waals surface area contributed by atoms with Crippen LogP contribution >= 0.6 is 0 Å². The van der Waals surface area contributed by atoms with Crippen molar-refractivity contribution in [3.63, 3.8) is 0 Å². The number of pyridine rings is 1. The van der Waals surface area contributed by atoms with E-state index in [9.17, 15) is 9.59 Å². The molecular weight excluding hydrogens is 436 g/mol. The van der Waals surface area contributed by atoms with Crippen LogP contribution in [0.25, 0.3) is 5.52 Å². The highest BCUT2D eigenvalue weighted by Gasteiger charge is 2.22. The summed E-state index contributed by atoms with van der Waals surface area (Å²) in [5.41, 5.74) is 3.88. The molecule has 0 fully saturated rings. The molecule has 0 radical (unpaired) electrons. The van der Waals surface area contributed by atoms with Crippen LogP contribution in [0.3, 0.4) is 0 Å². The van der Waals surface area contributed by atoms with E-state index < -0.39 is 0 Å². The number of esters is 1. The summed E-state index contributed by atoms with van der Waals surface area (Å²) in [7, 11) is 0. The van der Waals surface area contributed by atoms with E-state index in [0.29, 0.717) is 23.2 Å². The molecule has 184 valence electrons. The number of nitrogens with zero attached hydrogens (tertiary/aromatic N) is 1. The summed E-state index contributed by atoms with van der Waals surface area (Å²) in [5, 5.41) is 3.50. The number of hydrogen-bond donors (Lipinski definition) is 1. The number of benzene rings is 1. The number of carbonyl (C=O) groups excluding carboxylic acids is 2. The van der Waals surface area contributed by atoms with Crippen molar-refractivity contribution in [2.75, 3.05) is 0 Å². The molecular formula is C30H36N2O3. The third-order valence-corrected chi connectivity index (χ3v) is 5.38. The Balaban J connectivity index is 1.89. The van der Waals surface area contributed by atoms with Gasteiger partial charge in [-0.2, -0.15) is 0 Å². The number of carbonyl (C=O) groups is 2. The van der Waals surface area contributed by atoms with Crippen LogP contribution in [0, 0.1) is 11.8 Å². The minimum Gasteiger partial charge on any atom is -0.459 e. The largest absolute Gasteiger partial charge is 0.459 e. The number of aryl methyl sites for hydroxylation is 1. The molecule has 0 bridgehead atoms. The first-order valence-electron chi connectivity index (χ1n) is 12.1. The van der Waals surface area contributed by atoms with Crippen LogP contribution in [0.2, 0.25) is 0 Å². The van der Waals surface area contributed by atoms with Crippen molar-refractivity contribution in [2.24, 2.45) is 0 Å². The van der Waals surface area contributed by atoms with Gasteiger partial charge in [-0.05, 0) is 103 Å². The SMILES string of the molecule is CCc1cc2cc(C(=O)OC(C)C)ccn2c1C(=O)c1ccc(C#CC(C)(C)NC(C)(C)C)cc1. The minimum absolute atomic E-state index is 0.0407. The van der Waals surface area contributed by atoms with Gasteiger partial charge in [0.15, 0.2) is 0 Å². The molecule has 0 aliphatic heterocycles. The highest BCUT2D eigenvalue weighted by atomic mass is 16.5. The minimum atomic E-state index is -0.368. The Kier molecular flexibility index (Phi) is 7.57. The van der Waals surface area contributed by atoms with E-state index >= 15 is 0 Å². The van der Waals surface area contributed by atoms with Crippen molar-refractivity contribution in [3.8, 4) is 11.8 Å². The molecule has 0 saturated heterocycles. The maximum Gasteiger partial charge on any atom is 0.338 e. The fourth-order valence-electron chi connectivity index (χ4n) is 4.21. The van der Waals surface area contributed by atoms with Gasteiger partial charge in [0, 0.05) is 28.4 Å². The molecule has 0 spiro atoms. The zero-order valence-electron chi connectivity index (χ0n) is 22.1. The lowest BCUT2D eigenvalue weighted by molar-refractivity contribution is 0.0378. The lowest BCUT2D eigenvalue weighted by Crippen LogP contribution is -2.49. The van der Waals surface area contributed by atoms with Crippen molar-refractivity contribution in [3.05, 3.63) is 76.6 Å². The molecule has 0 aliphatic carbocycles. The lowest BCUT2D eigenvalue weighted by atomic mass is 9.98. The molecule has 3 rings (SSSR count). The quantitative estimate of drug-likeness (QED) is 0.279. The fourth-order valence-corrected chi connectivity index (χ4v) is 4.21. The van der Waals surface area contributed by atoms with Crippen LogP contribution in [-0.2, 0) is 11.2 Å². The van der Waals surface area contributed by atoms with E-state index in [4.69, 9.17) is 4.74 Å². The van der Waals surface area contributed by atoms with E-state index in [-0.39, 0.29) is 28.9 Å². The third kappa shape index (κ3) is 6.61. The number of ketones is 1. The van der Waals surface area contributed by atoms with Gasteiger partial charge in [0.2, 0.25) is 5.78 Å². The average molecular weight is 473 g/mol. The van der Waals surface area contributed by atoms with Crippen LogP contribution in [0.15, 0.2) is 48.7 Å². The van der Waals surface area contributed by atoms with Crippen LogP contribution < -0.4 is 5.32 Å². The second-order valence-electron chi connectivity index (χ2n) is 10.7. The van der Waals surface area contributed by atoms with Gasteiger partial charge < -0.3 is 9.14 Å². The van der Waals surface area contributed by atoms with Gasteiger partial charge >= 0.3 is 5.97 Å². The number of hydrogen-bond acceptors (Lipinski definition) is 4. The summed E-state index contributed by atoms with van der Waals surface area (Å²) in [6, 6.07) is 12.8. The molecule has 35 heavy (non-hydrogen) atoms. The Hall–Kier alpha value is -3.36. The molecule has 5 nitrogen and oxygen atoms in total. The van der Waals surface area contributed by atoms with Crippen molar-refractivity contribution in [1.29, 1.82) is 0 Å². The molecule has 2 aromatic heterocycles. The Morgan fingerprint density at radius 3 is 2.23 bits per heavy atom. The molecule has 0 unspecified atom stereocenters. The number of fused-ring (bicyclic) bond motifs is 1. The number of nitrogens with one attached hydrogen (secondary N) is 1. The first kappa shape index (κ1) is 26.2. The summed E-state index contributed by atoms with van der Waals surface area (Å²) < 4.78 is 7.16. The van der Waals surface area contributed by atoms with Gasteiger partial charge in [-0.3, -0.25) is 10.1 Å². The van der Waals surface area contributed by atoms with Crippen LogP contribution in [0.5, 0.6) is 0 Å². The first-order chi connectivity index (χ1) is 16.3. The highest BCUT2D eigenvalue weighted by molar-refractivity contribution is 6.09. The monoisotopic (exact) mass is 472 g/mol. The van der Waals surface area contributed by atoms with Crippen LogP contribution in [0.4, 0.5) is 0 Å². The number of rotatable bonds is 6.